The summed E-state index contributed by atoms with van der Waals surface area (Å²) in [5.74, 6) is 0. The fraction of sp³-hybridized carbons (Fsp3) is 0.889. The average molecular weight is 225 g/mol. The number of halogens is 1. The van der Waals surface area contributed by atoms with Crippen LogP contribution in [-0.4, -0.2) is 8.91 Å². The molecule has 0 saturated carbocycles. The molecule has 0 aromatic carbocycles. The number of hydrogen-bond donors (Lipinski definition) is 0. The Balaban J connectivity index is 3.61. The van der Waals surface area contributed by atoms with Gasteiger partial charge in [-0.15, -0.1) is 0 Å². The van der Waals surface area contributed by atoms with Crippen molar-refractivity contribution in [2.24, 2.45) is 0 Å². The molecule has 1 atom stereocenters. The van der Waals surface area contributed by atoms with Crippen molar-refractivity contribution >= 4 is 39.2 Å². The molecule has 0 aromatic rings. The number of hydrogen-bond acceptors (Lipinski definition) is 2. The van der Waals surface area contributed by atoms with E-state index < -0.39 is 0 Å². The van der Waals surface area contributed by atoms with Crippen LogP contribution in [0, 0.1) is 0 Å². The molecule has 0 bridgehead atoms. The number of thiocarbonyl (C=S) groups is 1. The Kier molecular flexibility index (Phi) is 8.84. The summed E-state index contributed by atoms with van der Waals surface area (Å²) in [4.78, 5) is 0. The van der Waals surface area contributed by atoms with Crippen LogP contribution in [0.3, 0.4) is 0 Å². The maximum absolute atomic E-state index is 5.68. The van der Waals surface area contributed by atoms with Crippen molar-refractivity contribution in [1.29, 1.82) is 0 Å². The Morgan fingerprint density at radius 3 is 2.42 bits per heavy atom. The maximum Gasteiger partial charge on any atom is 0.137 e. The van der Waals surface area contributed by atoms with Crippen LogP contribution in [0.1, 0.15) is 46.0 Å². The van der Waals surface area contributed by atoms with E-state index in [0.717, 1.165) is 0 Å². The fourth-order valence-corrected chi connectivity index (χ4v) is 2.83. The lowest BCUT2D eigenvalue weighted by molar-refractivity contribution is 0.641. The quantitative estimate of drug-likeness (QED) is 0.478. The second-order valence-electron chi connectivity index (χ2n) is 2.91. The summed E-state index contributed by atoms with van der Waals surface area (Å²) in [6, 6.07) is 0. The molecule has 0 radical (unpaired) electrons. The number of unbranched alkanes of at least 4 members (excludes halogenated alkanes) is 1. The van der Waals surface area contributed by atoms with Crippen LogP contribution < -0.4 is 0 Å². The van der Waals surface area contributed by atoms with Crippen molar-refractivity contribution in [3.05, 3.63) is 0 Å². The van der Waals surface area contributed by atoms with Crippen molar-refractivity contribution in [2.75, 3.05) is 0 Å². The van der Waals surface area contributed by atoms with Crippen LogP contribution >= 0.6 is 35.6 Å². The molecule has 0 N–H and O–H groups in total. The van der Waals surface area contributed by atoms with E-state index in [0.29, 0.717) is 8.91 Å². The van der Waals surface area contributed by atoms with Gasteiger partial charge in [-0.1, -0.05) is 68.7 Å². The fourth-order valence-electron chi connectivity index (χ4n) is 1.15. The minimum absolute atomic E-state index is 0.574. The molecule has 0 heterocycles. The molecule has 0 saturated heterocycles. The highest BCUT2D eigenvalue weighted by atomic mass is 35.5. The molecule has 12 heavy (non-hydrogen) atoms. The molecule has 0 fully saturated rings. The number of rotatable bonds is 6. The Hall–Kier alpha value is 0.730. The van der Waals surface area contributed by atoms with Gasteiger partial charge in [-0.05, 0) is 12.8 Å². The van der Waals surface area contributed by atoms with Crippen molar-refractivity contribution < 1.29 is 0 Å². The maximum atomic E-state index is 5.68. The van der Waals surface area contributed by atoms with Gasteiger partial charge in [0.15, 0.2) is 0 Å². The lowest BCUT2D eigenvalue weighted by Gasteiger charge is -2.12. The van der Waals surface area contributed by atoms with E-state index in [1.54, 1.807) is 11.8 Å². The second-order valence-corrected chi connectivity index (χ2v) is 5.71. The summed E-state index contributed by atoms with van der Waals surface area (Å²) >= 11 is 12.2. The van der Waals surface area contributed by atoms with Crippen LogP contribution in [0.2, 0.25) is 0 Å². The van der Waals surface area contributed by atoms with Gasteiger partial charge in [-0.2, -0.15) is 0 Å². The Bertz CT molecular complexity index is 126. The summed E-state index contributed by atoms with van der Waals surface area (Å²) in [7, 11) is 0. The predicted octanol–water partition coefficient (Wildman–Crippen LogP) is 4.60. The molecule has 0 rings (SSSR count). The molecule has 0 amide bonds. The lowest BCUT2D eigenvalue weighted by Crippen LogP contribution is -2.03. The average Bonchev–Trinajstić information content (AvgIpc) is 2.00. The molecule has 0 spiro atoms. The second kappa shape index (κ2) is 8.33. The molecule has 0 aromatic heterocycles. The van der Waals surface area contributed by atoms with Gasteiger partial charge in [-0.3, -0.25) is 0 Å². The van der Waals surface area contributed by atoms with Crippen LogP contribution in [0.25, 0.3) is 0 Å². The van der Waals surface area contributed by atoms with E-state index in [4.69, 9.17) is 23.8 Å². The van der Waals surface area contributed by atoms with Crippen LogP contribution in [0.4, 0.5) is 0 Å². The lowest BCUT2D eigenvalue weighted by atomic mass is 10.1. The largest absolute Gasteiger partial charge is 0.137 e. The SMILES string of the molecule is CCCCC(CCC)SC(=S)Cl. The number of thioether (sulfide) groups is 1. The highest BCUT2D eigenvalue weighted by Gasteiger charge is 2.08. The Morgan fingerprint density at radius 2 is 2.00 bits per heavy atom. The van der Waals surface area contributed by atoms with E-state index >= 15 is 0 Å². The van der Waals surface area contributed by atoms with Gasteiger partial charge in [0.25, 0.3) is 0 Å². The monoisotopic (exact) mass is 224 g/mol. The Labute approximate surface area is 90.4 Å². The molecule has 0 aliphatic heterocycles. The van der Waals surface area contributed by atoms with Gasteiger partial charge < -0.3 is 0 Å². The summed E-state index contributed by atoms with van der Waals surface area (Å²) < 4.78 is 0.574. The molecule has 72 valence electrons. The van der Waals surface area contributed by atoms with Gasteiger partial charge in [0, 0.05) is 5.25 Å². The first kappa shape index (κ1) is 12.7. The molecular weight excluding hydrogens is 208 g/mol. The van der Waals surface area contributed by atoms with Crippen molar-refractivity contribution in [1.82, 2.24) is 0 Å². The third-order valence-corrected chi connectivity index (χ3v) is 3.30. The predicted molar refractivity (Wildman–Crippen MR) is 64.3 cm³/mol. The molecule has 0 aliphatic carbocycles. The van der Waals surface area contributed by atoms with E-state index in [-0.39, 0.29) is 0 Å². The zero-order valence-electron chi connectivity index (χ0n) is 7.81. The highest BCUT2D eigenvalue weighted by Crippen LogP contribution is 2.24. The minimum atomic E-state index is 0.574. The summed E-state index contributed by atoms with van der Waals surface area (Å²) in [5, 5.41) is 0.653. The molecular formula is C9H17ClS2. The third kappa shape index (κ3) is 7.38. The zero-order chi connectivity index (χ0) is 9.40. The van der Waals surface area contributed by atoms with Crippen LogP contribution in [-0.2, 0) is 0 Å². The van der Waals surface area contributed by atoms with E-state index in [2.05, 4.69) is 13.8 Å². The standard InChI is InChI=1S/C9H17ClS2/c1-3-5-7-8(6-4-2)12-9(10)11/h8H,3-7H2,1-2H3. The van der Waals surface area contributed by atoms with Gasteiger partial charge in [0.2, 0.25) is 0 Å². The van der Waals surface area contributed by atoms with Gasteiger partial charge in [-0.25, -0.2) is 0 Å². The molecule has 0 aliphatic rings. The van der Waals surface area contributed by atoms with Gasteiger partial charge in [0.05, 0.1) is 0 Å². The third-order valence-electron chi connectivity index (χ3n) is 1.75. The van der Waals surface area contributed by atoms with Crippen molar-refractivity contribution in [3.8, 4) is 0 Å². The molecule has 3 heteroatoms. The summed E-state index contributed by atoms with van der Waals surface area (Å²) in [6.45, 7) is 4.42. The Morgan fingerprint density at radius 1 is 1.33 bits per heavy atom. The first-order valence-corrected chi connectivity index (χ1v) is 6.23. The van der Waals surface area contributed by atoms with Gasteiger partial charge in [0.1, 0.15) is 3.66 Å². The highest BCUT2D eigenvalue weighted by molar-refractivity contribution is 8.26. The van der Waals surface area contributed by atoms with Crippen molar-refractivity contribution in [3.63, 3.8) is 0 Å². The van der Waals surface area contributed by atoms with Crippen LogP contribution in [0.15, 0.2) is 0 Å². The van der Waals surface area contributed by atoms with Crippen LogP contribution in [0.5, 0.6) is 0 Å². The zero-order valence-corrected chi connectivity index (χ0v) is 10.2. The topological polar surface area (TPSA) is 0 Å². The minimum Gasteiger partial charge on any atom is -0.0991 e. The summed E-state index contributed by atoms with van der Waals surface area (Å²) in [5.41, 5.74) is 0. The van der Waals surface area contributed by atoms with E-state index in [1.165, 1.54) is 32.1 Å². The normalized spacial score (nSPS) is 12.9. The first-order valence-electron chi connectivity index (χ1n) is 4.56. The van der Waals surface area contributed by atoms with E-state index in [9.17, 15) is 0 Å². The molecule has 1 unspecified atom stereocenters. The summed E-state index contributed by atoms with van der Waals surface area (Å²) in [6.07, 6.45) is 6.26. The van der Waals surface area contributed by atoms with E-state index in [1.807, 2.05) is 0 Å². The van der Waals surface area contributed by atoms with Crippen molar-refractivity contribution in [2.45, 2.75) is 51.2 Å². The smallest absolute Gasteiger partial charge is 0.0991 e. The first-order chi connectivity index (χ1) is 5.70. The van der Waals surface area contributed by atoms with Gasteiger partial charge >= 0.3 is 0 Å². The molecule has 0 nitrogen and oxygen atoms in total.